The fraction of sp³-hybridized carbons (Fsp3) is 0.500. The van der Waals surface area contributed by atoms with Crippen LogP contribution in [0.1, 0.15) is 34.3 Å². The molecular formula is C14H18ClNO. The Morgan fingerprint density at radius 1 is 1.29 bits per heavy atom. The molecule has 17 heavy (non-hydrogen) atoms. The number of benzene rings is 1. The van der Waals surface area contributed by atoms with Crippen LogP contribution in [-0.4, -0.2) is 29.3 Å². The van der Waals surface area contributed by atoms with Gasteiger partial charge in [-0.3, -0.25) is 4.79 Å². The lowest BCUT2D eigenvalue weighted by Crippen LogP contribution is -2.39. The summed E-state index contributed by atoms with van der Waals surface area (Å²) in [4.78, 5) is 14.3. The maximum Gasteiger partial charge on any atom is 0.254 e. The predicted molar refractivity (Wildman–Crippen MR) is 70.7 cm³/mol. The van der Waals surface area contributed by atoms with Gasteiger partial charge in [-0.25, -0.2) is 0 Å². The van der Waals surface area contributed by atoms with E-state index in [1.54, 1.807) is 0 Å². The van der Waals surface area contributed by atoms with E-state index in [2.05, 4.69) is 0 Å². The average Bonchev–Trinajstić information content (AvgIpc) is 2.33. The summed E-state index contributed by atoms with van der Waals surface area (Å²) in [6.07, 6.45) is 1.80. The molecule has 1 aromatic rings. The summed E-state index contributed by atoms with van der Waals surface area (Å²) in [6.45, 7) is 5.61. The van der Waals surface area contributed by atoms with E-state index in [0.29, 0.717) is 0 Å². The third-order valence-corrected chi connectivity index (χ3v) is 3.98. The maximum atomic E-state index is 12.4. The second kappa shape index (κ2) is 5.09. The van der Waals surface area contributed by atoms with Crippen molar-refractivity contribution in [3.63, 3.8) is 0 Å². The van der Waals surface area contributed by atoms with Gasteiger partial charge in [-0.2, -0.15) is 0 Å². The number of likely N-dealkylation sites (tertiary alicyclic amines) is 1. The zero-order valence-corrected chi connectivity index (χ0v) is 11.1. The number of carbonyl (C=O) groups excluding carboxylic acids is 1. The Labute approximate surface area is 108 Å². The fourth-order valence-electron chi connectivity index (χ4n) is 2.20. The van der Waals surface area contributed by atoms with E-state index in [-0.39, 0.29) is 11.3 Å². The lowest BCUT2D eigenvalue weighted by molar-refractivity contribution is 0.0725. The number of hydrogen-bond acceptors (Lipinski definition) is 1. The molecule has 3 heteroatoms. The molecule has 2 nitrogen and oxygen atoms in total. The molecule has 0 N–H and O–H groups in total. The summed E-state index contributed by atoms with van der Waals surface area (Å²) in [5, 5.41) is 0.234. The monoisotopic (exact) mass is 251 g/mol. The fourth-order valence-corrected chi connectivity index (χ4v) is 2.40. The molecule has 1 heterocycles. The van der Waals surface area contributed by atoms with Crippen LogP contribution < -0.4 is 0 Å². The number of piperidine rings is 1. The molecule has 0 saturated carbocycles. The molecule has 1 aromatic carbocycles. The minimum Gasteiger partial charge on any atom is -0.339 e. The molecule has 0 radical (unpaired) electrons. The molecule has 0 aliphatic carbocycles. The second-order valence-corrected chi connectivity index (χ2v) is 5.33. The number of nitrogens with zero attached hydrogens (tertiary/aromatic N) is 1. The van der Waals surface area contributed by atoms with Crippen molar-refractivity contribution in [1.29, 1.82) is 0 Å². The first kappa shape index (κ1) is 12.4. The third kappa shape index (κ3) is 2.63. The molecule has 1 amide bonds. The van der Waals surface area contributed by atoms with Gasteiger partial charge in [-0.15, -0.1) is 11.6 Å². The lowest BCUT2D eigenvalue weighted by Gasteiger charge is -2.30. The Kier molecular flexibility index (Phi) is 3.72. The van der Waals surface area contributed by atoms with Gasteiger partial charge in [0.05, 0.1) is 0 Å². The summed E-state index contributed by atoms with van der Waals surface area (Å²) in [6, 6.07) is 5.90. The van der Waals surface area contributed by atoms with Crippen molar-refractivity contribution in [2.24, 2.45) is 0 Å². The van der Waals surface area contributed by atoms with Gasteiger partial charge in [0.2, 0.25) is 0 Å². The van der Waals surface area contributed by atoms with Crippen LogP contribution in [0.5, 0.6) is 0 Å². The van der Waals surface area contributed by atoms with Gasteiger partial charge in [0, 0.05) is 24.0 Å². The topological polar surface area (TPSA) is 20.3 Å². The van der Waals surface area contributed by atoms with Gasteiger partial charge in [0.25, 0.3) is 5.91 Å². The molecule has 1 fully saturated rings. The van der Waals surface area contributed by atoms with Crippen LogP contribution in [0.4, 0.5) is 0 Å². The zero-order chi connectivity index (χ0) is 12.4. The molecule has 1 aliphatic heterocycles. The molecule has 1 aliphatic rings. The van der Waals surface area contributed by atoms with Crippen LogP contribution in [0.3, 0.4) is 0 Å². The Hall–Kier alpha value is -1.02. The first-order valence-corrected chi connectivity index (χ1v) is 6.53. The Morgan fingerprint density at radius 2 is 1.94 bits per heavy atom. The standard InChI is InChI=1S/C14H18ClNO/c1-10-4-3-5-13(11(10)2)14(17)16-8-6-12(15)7-9-16/h3-5,12H,6-9H2,1-2H3. The van der Waals surface area contributed by atoms with E-state index in [4.69, 9.17) is 11.6 Å². The normalized spacial score (nSPS) is 17.2. The Balaban J connectivity index is 2.17. The molecule has 0 atom stereocenters. The summed E-state index contributed by atoms with van der Waals surface area (Å²) in [5.41, 5.74) is 3.09. The summed E-state index contributed by atoms with van der Waals surface area (Å²) in [7, 11) is 0. The second-order valence-electron chi connectivity index (χ2n) is 4.71. The van der Waals surface area contributed by atoms with E-state index in [1.165, 1.54) is 5.56 Å². The Morgan fingerprint density at radius 3 is 2.59 bits per heavy atom. The first-order valence-electron chi connectivity index (χ1n) is 6.09. The van der Waals surface area contributed by atoms with E-state index in [0.717, 1.165) is 37.1 Å². The van der Waals surface area contributed by atoms with Gasteiger partial charge in [0.1, 0.15) is 0 Å². The smallest absolute Gasteiger partial charge is 0.254 e. The number of carbonyl (C=O) groups is 1. The van der Waals surface area contributed by atoms with Crippen LogP contribution >= 0.6 is 11.6 Å². The van der Waals surface area contributed by atoms with Crippen LogP contribution in [0.2, 0.25) is 0 Å². The summed E-state index contributed by atoms with van der Waals surface area (Å²) < 4.78 is 0. The van der Waals surface area contributed by atoms with E-state index >= 15 is 0 Å². The van der Waals surface area contributed by atoms with Crippen molar-refractivity contribution in [1.82, 2.24) is 4.90 Å². The quantitative estimate of drug-likeness (QED) is 0.703. The number of halogens is 1. The highest BCUT2D eigenvalue weighted by molar-refractivity contribution is 6.20. The third-order valence-electron chi connectivity index (χ3n) is 3.55. The van der Waals surface area contributed by atoms with Crippen molar-refractivity contribution < 1.29 is 4.79 Å². The molecule has 1 saturated heterocycles. The van der Waals surface area contributed by atoms with Crippen molar-refractivity contribution >= 4 is 17.5 Å². The van der Waals surface area contributed by atoms with Gasteiger partial charge >= 0.3 is 0 Å². The van der Waals surface area contributed by atoms with Crippen molar-refractivity contribution in [2.45, 2.75) is 32.1 Å². The molecule has 0 bridgehead atoms. The number of amides is 1. The largest absolute Gasteiger partial charge is 0.339 e. The highest BCUT2D eigenvalue weighted by Gasteiger charge is 2.23. The van der Waals surface area contributed by atoms with Crippen molar-refractivity contribution in [3.05, 3.63) is 34.9 Å². The number of hydrogen-bond donors (Lipinski definition) is 0. The molecular weight excluding hydrogens is 234 g/mol. The minimum absolute atomic E-state index is 0.148. The number of rotatable bonds is 1. The summed E-state index contributed by atoms with van der Waals surface area (Å²) in [5.74, 6) is 0.148. The van der Waals surface area contributed by atoms with Crippen LogP contribution in [0.25, 0.3) is 0 Å². The van der Waals surface area contributed by atoms with E-state index < -0.39 is 0 Å². The van der Waals surface area contributed by atoms with Crippen molar-refractivity contribution in [3.8, 4) is 0 Å². The number of aryl methyl sites for hydroxylation is 1. The van der Waals surface area contributed by atoms with Crippen LogP contribution in [0, 0.1) is 13.8 Å². The SMILES string of the molecule is Cc1cccc(C(=O)N2CCC(Cl)CC2)c1C. The summed E-state index contributed by atoms with van der Waals surface area (Å²) >= 11 is 6.05. The molecule has 0 unspecified atom stereocenters. The highest BCUT2D eigenvalue weighted by Crippen LogP contribution is 2.20. The van der Waals surface area contributed by atoms with E-state index in [9.17, 15) is 4.79 Å². The Bertz CT molecular complexity index is 422. The average molecular weight is 252 g/mol. The van der Waals surface area contributed by atoms with Gasteiger partial charge in [-0.05, 0) is 43.9 Å². The molecule has 0 spiro atoms. The number of alkyl halides is 1. The molecule has 92 valence electrons. The van der Waals surface area contributed by atoms with Gasteiger partial charge in [0.15, 0.2) is 0 Å². The van der Waals surface area contributed by atoms with E-state index in [1.807, 2.05) is 36.9 Å². The van der Waals surface area contributed by atoms with Gasteiger partial charge in [-0.1, -0.05) is 12.1 Å². The molecule has 0 aromatic heterocycles. The minimum atomic E-state index is 0.148. The lowest BCUT2D eigenvalue weighted by atomic mass is 10.0. The van der Waals surface area contributed by atoms with Crippen molar-refractivity contribution in [2.75, 3.05) is 13.1 Å². The maximum absolute atomic E-state index is 12.4. The first-order chi connectivity index (χ1) is 8.09. The van der Waals surface area contributed by atoms with Crippen LogP contribution in [0.15, 0.2) is 18.2 Å². The van der Waals surface area contributed by atoms with Crippen LogP contribution in [-0.2, 0) is 0 Å². The van der Waals surface area contributed by atoms with Gasteiger partial charge < -0.3 is 4.90 Å². The highest BCUT2D eigenvalue weighted by atomic mass is 35.5. The molecule has 2 rings (SSSR count). The predicted octanol–water partition coefficient (Wildman–Crippen LogP) is 3.15. The zero-order valence-electron chi connectivity index (χ0n) is 10.4.